The van der Waals surface area contributed by atoms with Gasteiger partial charge in [0.2, 0.25) is 5.89 Å². The van der Waals surface area contributed by atoms with Crippen LogP contribution in [0, 0.1) is 0 Å². The number of H-pyrrole nitrogens is 1. The van der Waals surface area contributed by atoms with Crippen molar-refractivity contribution in [1.29, 1.82) is 0 Å². The molecule has 0 amide bonds. The van der Waals surface area contributed by atoms with Gasteiger partial charge in [0.15, 0.2) is 5.82 Å². The highest BCUT2D eigenvalue weighted by atomic mass is 16.4. The number of hydrogen-bond donors (Lipinski definition) is 1. The van der Waals surface area contributed by atoms with E-state index in [0.717, 1.165) is 16.6 Å². The summed E-state index contributed by atoms with van der Waals surface area (Å²) in [6, 6.07) is 17.4. The van der Waals surface area contributed by atoms with Gasteiger partial charge in [0.05, 0.1) is 11.0 Å². The minimum Gasteiger partial charge on any atom is -0.413 e. The second-order valence-corrected chi connectivity index (χ2v) is 4.38. The first-order chi connectivity index (χ1) is 9.90. The van der Waals surface area contributed by atoms with Crippen molar-refractivity contribution in [2.45, 2.75) is 0 Å². The van der Waals surface area contributed by atoms with Crippen molar-refractivity contribution in [3.05, 3.63) is 54.6 Å². The molecule has 2 aromatic carbocycles. The van der Waals surface area contributed by atoms with Crippen molar-refractivity contribution in [1.82, 2.24) is 20.2 Å². The molecular weight excluding hydrogens is 252 g/mol. The number of aromatic amines is 1. The number of rotatable bonds is 2. The van der Waals surface area contributed by atoms with E-state index in [-0.39, 0.29) is 0 Å². The highest BCUT2D eigenvalue weighted by Crippen LogP contribution is 2.23. The van der Waals surface area contributed by atoms with Gasteiger partial charge < -0.3 is 9.40 Å². The second kappa shape index (κ2) is 4.31. The first-order valence-corrected chi connectivity index (χ1v) is 6.24. The lowest BCUT2D eigenvalue weighted by atomic mass is 10.2. The Labute approximate surface area is 114 Å². The van der Waals surface area contributed by atoms with Gasteiger partial charge in [-0.05, 0) is 24.3 Å². The van der Waals surface area contributed by atoms with Gasteiger partial charge in [-0.25, -0.2) is 4.98 Å². The highest BCUT2D eigenvalue weighted by Gasteiger charge is 2.13. The molecule has 0 saturated carbocycles. The van der Waals surface area contributed by atoms with Crippen LogP contribution in [0.2, 0.25) is 0 Å². The molecule has 0 aliphatic carbocycles. The van der Waals surface area contributed by atoms with E-state index in [1.54, 1.807) is 0 Å². The van der Waals surface area contributed by atoms with Crippen molar-refractivity contribution in [3.63, 3.8) is 0 Å². The van der Waals surface area contributed by atoms with Gasteiger partial charge in [-0.3, -0.25) is 0 Å². The van der Waals surface area contributed by atoms with Crippen LogP contribution in [0.25, 0.3) is 34.2 Å². The predicted octanol–water partition coefficient (Wildman–Crippen LogP) is 3.28. The molecular formula is C15H10N4O. The third kappa shape index (κ3) is 1.76. The van der Waals surface area contributed by atoms with Gasteiger partial charge in [-0.15, -0.1) is 10.2 Å². The summed E-state index contributed by atoms with van der Waals surface area (Å²) >= 11 is 0. The lowest BCUT2D eigenvalue weighted by molar-refractivity contribution is 0.580. The van der Waals surface area contributed by atoms with Crippen molar-refractivity contribution < 1.29 is 4.42 Å². The Bertz CT molecular complexity index is 831. The molecule has 0 saturated heterocycles. The summed E-state index contributed by atoms with van der Waals surface area (Å²) in [4.78, 5) is 7.61. The molecule has 5 nitrogen and oxygen atoms in total. The lowest BCUT2D eigenvalue weighted by Crippen LogP contribution is -1.79. The third-order valence-corrected chi connectivity index (χ3v) is 3.04. The molecule has 0 fully saturated rings. The number of nitrogens with one attached hydrogen (secondary N) is 1. The van der Waals surface area contributed by atoms with E-state index < -0.39 is 0 Å². The maximum Gasteiger partial charge on any atom is 0.284 e. The maximum atomic E-state index is 5.67. The zero-order chi connectivity index (χ0) is 13.4. The SMILES string of the molecule is c1ccc(-c2nnc(-c3nc4ccccc4[nH]3)o2)cc1. The number of imidazole rings is 1. The van der Waals surface area contributed by atoms with Crippen LogP contribution in [-0.4, -0.2) is 20.2 Å². The number of fused-ring (bicyclic) bond motifs is 1. The van der Waals surface area contributed by atoms with Crippen LogP contribution in [0.15, 0.2) is 59.0 Å². The number of benzene rings is 2. The summed E-state index contributed by atoms with van der Waals surface area (Å²) in [5, 5.41) is 8.10. The fourth-order valence-corrected chi connectivity index (χ4v) is 2.07. The minimum absolute atomic E-state index is 0.389. The van der Waals surface area contributed by atoms with Crippen LogP contribution in [0.4, 0.5) is 0 Å². The summed E-state index contributed by atoms with van der Waals surface area (Å²) < 4.78 is 5.67. The number of para-hydroxylation sites is 2. The van der Waals surface area contributed by atoms with Crippen LogP contribution in [0.1, 0.15) is 0 Å². The van der Waals surface area contributed by atoms with Gasteiger partial charge >= 0.3 is 0 Å². The van der Waals surface area contributed by atoms with Crippen molar-refractivity contribution in [2.24, 2.45) is 0 Å². The summed E-state index contributed by atoms with van der Waals surface area (Å²) in [6.07, 6.45) is 0. The molecule has 4 aromatic rings. The first-order valence-electron chi connectivity index (χ1n) is 6.24. The Hall–Kier alpha value is -2.95. The Morgan fingerprint density at radius 2 is 1.55 bits per heavy atom. The molecule has 0 aliphatic rings. The molecule has 0 bridgehead atoms. The zero-order valence-corrected chi connectivity index (χ0v) is 10.4. The molecule has 0 radical (unpaired) electrons. The average molecular weight is 262 g/mol. The summed E-state index contributed by atoms with van der Waals surface area (Å²) in [6.45, 7) is 0. The topological polar surface area (TPSA) is 67.6 Å². The van der Waals surface area contributed by atoms with Crippen molar-refractivity contribution >= 4 is 11.0 Å². The Kier molecular flexibility index (Phi) is 2.35. The van der Waals surface area contributed by atoms with Gasteiger partial charge in [0, 0.05) is 5.56 Å². The van der Waals surface area contributed by atoms with E-state index in [4.69, 9.17) is 4.42 Å². The molecule has 0 unspecified atom stereocenters. The molecule has 5 heteroatoms. The average Bonchev–Trinajstić information content (AvgIpc) is 3.14. The lowest BCUT2D eigenvalue weighted by Gasteiger charge is -1.91. The maximum absolute atomic E-state index is 5.67. The van der Waals surface area contributed by atoms with E-state index in [2.05, 4.69) is 20.2 Å². The predicted molar refractivity (Wildman–Crippen MR) is 74.8 cm³/mol. The van der Waals surface area contributed by atoms with Gasteiger partial charge in [-0.1, -0.05) is 30.3 Å². The molecule has 20 heavy (non-hydrogen) atoms. The standard InChI is InChI=1S/C15H10N4O/c1-2-6-10(7-3-1)14-18-19-15(20-14)13-16-11-8-4-5-9-12(11)17-13/h1-9H,(H,16,17). The molecule has 2 heterocycles. The van der Waals surface area contributed by atoms with E-state index in [0.29, 0.717) is 17.6 Å². The summed E-state index contributed by atoms with van der Waals surface area (Å²) in [5.74, 6) is 1.46. The Balaban J connectivity index is 1.78. The van der Waals surface area contributed by atoms with Crippen molar-refractivity contribution in [3.8, 4) is 23.2 Å². The molecule has 1 N–H and O–H groups in total. The molecule has 2 aromatic heterocycles. The molecule has 0 spiro atoms. The molecule has 96 valence electrons. The highest BCUT2D eigenvalue weighted by molar-refractivity contribution is 5.77. The van der Waals surface area contributed by atoms with Crippen LogP contribution >= 0.6 is 0 Å². The fraction of sp³-hybridized carbons (Fsp3) is 0. The Morgan fingerprint density at radius 3 is 2.40 bits per heavy atom. The first kappa shape index (κ1) is 10.9. The van der Waals surface area contributed by atoms with E-state index in [1.807, 2.05) is 54.6 Å². The van der Waals surface area contributed by atoms with Crippen molar-refractivity contribution in [2.75, 3.05) is 0 Å². The van der Waals surface area contributed by atoms with Crippen LogP contribution in [0.5, 0.6) is 0 Å². The van der Waals surface area contributed by atoms with Crippen LogP contribution < -0.4 is 0 Å². The second-order valence-electron chi connectivity index (χ2n) is 4.38. The molecule has 0 atom stereocenters. The van der Waals surface area contributed by atoms with Crippen LogP contribution in [-0.2, 0) is 0 Å². The van der Waals surface area contributed by atoms with Crippen LogP contribution in [0.3, 0.4) is 0 Å². The monoisotopic (exact) mass is 262 g/mol. The smallest absolute Gasteiger partial charge is 0.284 e. The fourth-order valence-electron chi connectivity index (χ4n) is 2.07. The Morgan fingerprint density at radius 1 is 0.800 bits per heavy atom. The number of aromatic nitrogens is 4. The van der Waals surface area contributed by atoms with E-state index >= 15 is 0 Å². The normalized spacial score (nSPS) is 11.0. The van der Waals surface area contributed by atoms with E-state index in [1.165, 1.54) is 0 Å². The zero-order valence-electron chi connectivity index (χ0n) is 10.4. The number of nitrogens with zero attached hydrogens (tertiary/aromatic N) is 3. The van der Waals surface area contributed by atoms with Gasteiger partial charge in [0.1, 0.15) is 0 Å². The molecule has 4 rings (SSSR count). The summed E-state index contributed by atoms with van der Waals surface area (Å²) in [7, 11) is 0. The number of hydrogen-bond acceptors (Lipinski definition) is 4. The van der Waals surface area contributed by atoms with Gasteiger partial charge in [0.25, 0.3) is 5.89 Å². The molecule has 0 aliphatic heterocycles. The largest absolute Gasteiger partial charge is 0.413 e. The third-order valence-electron chi connectivity index (χ3n) is 3.04. The van der Waals surface area contributed by atoms with E-state index in [9.17, 15) is 0 Å². The summed E-state index contributed by atoms with van der Waals surface area (Å²) in [5.41, 5.74) is 2.71. The van der Waals surface area contributed by atoms with Gasteiger partial charge in [-0.2, -0.15) is 0 Å². The minimum atomic E-state index is 0.389. The quantitative estimate of drug-likeness (QED) is 0.602.